The van der Waals surface area contributed by atoms with Crippen LogP contribution in [0.15, 0.2) is 48.7 Å². The number of nitrogens with one attached hydrogen (secondary N) is 1. The average molecular weight is 289 g/mol. The lowest BCUT2D eigenvalue weighted by Crippen LogP contribution is -2.00. The van der Waals surface area contributed by atoms with Crippen molar-refractivity contribution in [2.75, 3.05) is 11.1 Å². The van der Waals surface area contributed by atoms with Crippen molar-refractivity contribution in [1.82, 2.24) is 4.98 Å². The molecule has 3 aromatic rings. The molecule has 0 saturated carbocycles. The molecule has 0 unspecified atom stereocenters. The first kappa shape index (κ1) is 13.9. The van der Waals surface area contributed by atoms with Gasteiger partial charge in [-0.1, -0.05) is 12.1 Å². The lowest BCUT2D eigenvalue weighted by atomic mass is 10.1. The van der Waals surface area contributed by atoms with Crippen molar-refractivity contribution in [3.63, 3.8) is 0 Å². The maximum absolute atomic E-state index is 9.34. The Morgan fingerprint density at radius 2 is 2.05 bits per heavy atom. The van der Waals surface area contributed by atoms with E-state index in [1.165, 1.54) is 0 Å². The van der Waals surface area contributed by atoms with Gasteiger partial charge in [0.05, 0.1) is 16.8 Å². The fourth-order valence-corrected chi connectivity index (χ4v) is 2.35. The van der Waals surface area contributed by atoms with E-state index >= 15 is 0 Å². The summed E-state index contributed by atoms with van der Waals surface area (Å²) in [6.45, 7) is 0.463. The number of aromatic nitrogens is 1. The van der Waals surface area contributed by atoms with Crippen LogP contribution in [0.5, 0.6) is 0 Å². The number of nitrogen functional groups attached to an aromatic ring is 1. The summed E-state index contributed by atoms with van der Waals surface area (Å²) < 4.78 is 0. The molecule has 0 aliphatic carbocycles. The number of fused-ring (bicyclic) bond motifs is 1. The van der Waals surface area contributed by atoms with Crippen LogP contribution in [0.1, 0.15) is 11.1 Å². The van der Waals surface area contributed by atoms with E-state index in [2.05, 4.69) is 16.4 Å². The standard InChI is InChI=1S/C17H15N5/c18-8-11-2-1-3-14(6-11)22-17-12(9-19)10-21-16-5-4-13(20)7-15(16)17/h1-7,10H,8,18,20H2,(H,21,22). The Morgan fingerprint density at radius 1 is 1.18 bits per heavy atom. The van der Waals surface area contributed by atoms with Gasteiger partial charge in [0.2, 0.25) is 0 Å². The van der Waals surface area contributed by atoms with E-state index in [9.17, 15) is 5.26 Å². The minimum Gasteiger partial charge on any atom is -0.399 e. The second-order valence-electron chi connectivity index (χ2n) is 4.96. The van der Waals surface area contributed by atoms with Crippen LogP contribution in [0, 0.1) is 11.3 Å². The van der Waals surface area contributed by atoms with Crippen LogP contribution in [0.4, 0.5) is 17.1 Å². The summed E-state index contributed by atoms with van der Waals surface area (Å²) in [6.07, 6.45) is 1.56. The van der Waals surface area contributed by atoms with Crippen LogP contribution in [0.2, 0.25) is 0 Å². The van der Waals surface area contributed by atoms with Crippen LogP contribution >= 0.6 is 0 Å². The van der Waals surface area contributed by atoms with E-state index in [0.29, 0.717) is 23.5 Å². The summed E-state index contributed by atoms with van der Waals surface area (Å²) in [7, 11) is 0. The molecule has 0 radical (unpaired) electrons. The minimum absolute atomic E-state index is 0.463. The molecule has 1 aromatic heterocycles. The van der Waals surface area contributed by atoms with Crippen molar-refractivity contribution in [2.45, 2.75) is 6.54 Å². The molecule has 22 heavy (non-hydrogen) atoms. The summed E-state index contributed by atoms with van der Waals surface area (Å²) in [5, 5.41) is 13.5. The number of nitriles is 1. The molecule has 0 fully saturated rings. The Morgan fingerprint density at radius 3 is 2.82 bits per heavy atom. The second-order valence-corrected chi connectivity index (χ2v) is 4.96. The number of rotatable bonds is 3. The molecular formula is C17H15N5. The third-order valence-electron chi connectivity index (χ3n) is 3.44. The normalized spacial score (nSPS) is 10.4. The SMILES string of the molecule is N#Cc1cnc2ccc(N)cc2c1Nc1cccc(CN)c1. The molecular weight excluding hydrogens is 274 g/mol. The lowest BCUT2D eigenvalue weighted by molar-refractivity contribution is 1.07. The first-order chi connectivity index (χ1) is 10.7. The highest BCUT2D eigenvalue weighted by atomic mass is 14.9. The van der Waals surface area contributed by atoms with E-state index in [0.717, 1.165) is 22.2 Å². The van der Waals surface area contributed by atoms with E-state index in [4.69, 9.17) is 11.5 Å². The summed E-state index contributed by atoms with van der Waals surface area (Å²) in [4.78, 5) is 4.29. The first-order valence-corrected chi connectivity index (χ1v) is 6.85. The Bertz CT molecular complexity index is 880. The number of nitrogens with two attached hydrogens (primary N) is 2. The van der Waals surface area contributed by atoms with Crippen LogP contribution in [0.25, 0.3) is 10.9 Å². The molecule has 0 saturated heterocycles. The van der Waals surface area contributed by atoms with Gasteiger partial charge in [0, 0.05) is 29.5 Å². The van der Waals surface area contributed by atoms with Crippen molar-refractivity contribution in [3.8, 4) is 6.07 Å². The third-order valence-corrected chi connectivity index (χ3v) is 3.44. The van der Waals surface area contributed by atoms with Gasteiger partial charge in [-0.2, -0.15) is 5.26 Å². The van der Waals surface area contributed by atoms with E-state index in [-0.39, 0.29) is 0 Å². The van der Waals surface area contributed by atoms with Gasteiger partial charge in [-0.25, -0.2) is 0 Å². The molecule has 0 spiro atoms. The van der Waals surface area contributed by atoms with E-state index < -0.39 is 0 Å². The summed E-state index contributed by atoms with van der Waals surface area (Å²) >= 11 is 0. The highest BCUT2D eigenvalue weighted by Gasteiger charge is 2.10. The monoisotopic (exact) mass is 289 g/mol. The Hall–Kier alpha value is -3.10. The van der Waals surface area contributed by atoms with Crippen molar-refractivity contribution in [2.24, 2.45) is 5.73 Å². The molecule has 108 valence electrons. The van der Waals surface area contributed by atoms with Crippen molar-refractivity contribution >= 4 is 28.0 Å². The van der Waals surface area contributed by atoms with Gasteiger partial charge >= 0.3 is 0 Å². The van der Waals surface area contributed by atoms with Crippen LogP contribution in [0.3, 0.4) is 0 Å². The predicted octanol–water partition coefficient (Wildman–Crippen LogP) is 2.89. The Labute approximate surface area is 128 Å². The maximum atomic E-state index is 9.34. The van der Waals surface area contributed by atoms with Gasteiger partial charge in [-0.05, 0) is 35.9 Å². The molecule has 0 atom stereocenters. The number of benzene rings is 2. The Kier molecular flexibility index (Phi) is 3.60. The average Bonchev–Trinajstić information content (AvgIpc) is 2.55. The smallest absolute Gasteiger partial charge is 0.103 e. The molecule has 5 heteroatoms. The number of hydrogen-bond donors (Lipinski definition) is 3. The molecule has 0 aliphatic rings. The third kappa shape index (κ3) is 2.55. The summed E-state index contributed by atoms with van der Waals surface area (Å²) in [5.41, 5.74) is 16.0. The number of hydrogen-bond acceptors (Lipinski definition) is 5. The molecule has 5 nitrogen and oxygen atoms in total. The highest BCUT2D eigenvalue weighted by Crippen LogP contribution is 2.30. The Balaban J connectivity index is 2.15. The zero-order chi connectivity index (χ0) is 15.5. The second kappa shape index (κ2) is 5.72. The zero-order valence-corrected chi connectivity index (χ0v) is 11.9. The molecule has 0 bridgehead atoms. The van der Waals surface area contributed by atoms with Crippen LogP contribution in [-0.4, -0.2) is 4.98 Å². The van der Waals surface area contributed by atoms with E-state index in [1.54, 1.807) is 12.3 Å². The van der Waals surface area contributed by atoms with Crippen LogP contribution in [-0.2, 0) is 6.54 Å². The van der Waals surface area contributed by atoms with Crippen LogP contribution < -0.4 is 16.8 Å². The highest BCUT2D eigenvalue weighted by molar-refractivity contribution is 5.97. The molecule has 5 N–H and O–H groups in total. The van der Waals surface area contributed by atoms with Crippen molar-refractivity contribution < 1.29 is 0 Å². The van der Waals surface area contributed by atoms with Gasteiger partial charge < -0.3 is 16.8 Å². The lowest BCUT2D eigenvalue weighted by Gasteiger charge is -2.12. The first-order valence-electron chi connectivity index (χ1n) is 6.85. The van der Waals surface area contributed by atoms with E-state index in [1.807, 2.05) is 36.4 Å². The number of anilines is 3. The molecule has 0 aliphatic heterocycles. The van der Waals surface area contributed by atoms with Gasteiger partial charge in [0.15, 0.2) is 0 Å². The predicted molar refractivity (Wildman–Crippen MR) is 88.5 cm³/mol. The quantitative estimate of drug-likeness (QED) is 0.644. The number of nitrogens with zero attached hydrogens (tertiary/aromatic N) is 2. The van der Waals surface area contributed by atoms with Gasteiger partial charge in [-0.3, -0.25) is 4.98 Å². The topological polar surface area (TPSA) is 101 Å². The minimum atomic E-state index is 0.463. The summed E-state index contributed by atoms with van der Waals surface area (Å²) in [6, 6.07) is 15.4. The zero-order valence-electron chi connectivity index (χ0n) is 11.9. The molecule has 1 heterocycles. The maximum Gasteiger partial charge on any atom is 0.103 e. The summed E-state index contributed by atoms with van der Waals surface area (Å²) in [5.74, 6) is 0. The fraction of sp³-hybridized carbons (Fsp3) is 0.0588. The van der Waals surface area contributed by atoms with Gasteiger partial charge in [0.25, 0.3) is 0 Å². The molecule has 2 aromatic carbocycles. The largest absolute Gasteiger partial charge is 0.399 e. The molecule has 3 rings (SSSR count). The molecule has 0 amide bonds. The number of pyridine rings is 1. The van der Waals surface area contributed by atoms with Gasteiger partial charge in [0.1, 0.15) is 6.07 Å². The van der Waals surface area contributed by atoms with Crippen molar-refractivity contribution in [3.05, 3.63) is 59.8 Å². The van der Waals surface area contributed by atoms with Gasteiger partial charge in [-0.15, -0.1) is 0 Å². The van der Waals surface area contributed by atoms with Crippen molar-refractivity contribution in [1.29, 1.82) is 5.26 Å². The fourth-order valence-electron chi connectivity index (χ4n) is 2.35.